The molecule has 1 aromatic heterocycles. The van der Waals surface area contributed by atoms with Gasteiger partial charge in [-0.2, -0.15) is 5.10 Å². The maximum absolute atomic E-state index is 12.5. The lowest BCUT2D eigenvalue weighted by Gasteiger charge is -2.28. The minimum absolute atomic E-state index is 0.0958. The molecule has 2 heterocycles. The summed E-state index contributed by atoms with van der Waals surface area (Å²) >= 11 is 0. The van der Waals surface area contributed by atoms with E-state index in [2.05, 4.69) is 36.2 Å². The SMILES string of the molecule is CCc1nn(C)c(NC(=O)C2CCCN(C)C2)c1CC. The van der Waals surface area contributed by atoms with Crippen molar-refractivity contribution in [3.8, 4) is 0 Å². The van der Waals surface area contributed by atoms with E-state index in [4.69, 9.17) is 0 Å². The summed E-state index contributed by atoms with van der Waals surface area (Å²) in [5.74, 6) is 1.11. The monoisotopic (exact) mass is 278 g/mol. The highest BCUT2D eigenvalue weighted by Gasteiger charge is 2.25. The molecule has 1 aromatic rings. The van der Waals surface area contributed by atoms with Gasteiger partial charge in [0.25, 0.3) is 0 Å². The van der Waals surface area contributed by atoms with Crippen LogP contribution in [0.15, 0.2) is 0 Å². The Morgan fingerprint density at radius 2 is 2.10 bits per heavy atom. The minimum atomic E-state index is 0.0958. The summed E-state index contributed by atoms with van der Waals surface area (Å²) in [6, 6.07) is 0. The number of aromatic nitrogens is 2. The molecule has 0 aliphatic carbocycles. The predicted octanol–water partition coefficient (Wildman–Crippen LogP) is 1.83. The molecular weight excluding hydrogens is 252 g/mol. The molecule has 2 rings (SSSR count). The van der Waals surface area contributed by atoms with E-state index in [-0.39, 0.29) is 11.8 Å². The Bertz CT molecular complexity index is 480. The number of rotatable bonds is 4. The normalized spacial score (nSPS) is 20.1. The van der Waals surface area contributed by atoms with Gasteiger partial charge >= 0.3 is 0 Å². The van der Waals surface area contributed by atoms with Crippen LogP contribution >= 0.6 is 0 Å². The molecule has 1 unspecified atom stereocenters. The third-order valence-electron chi connectivity index (χ3n) is 4.15. The number of carbonyl (C=O) groups excluding carboxylic acids is 1. The van der Waals surface area contributed by atoms with Crippen LogP contribution in [0, 0.1) is 5.92 Å². The Labute approximate surface area is 121 Å². The van der Waals surface area contributed by atoms with Crippen LogP contribution in [0.4, 0.5) is 5.82 Å². The van der Waals surface area contributed by atoms with Gasteiger partial charge in [0, 0.05) is 19.2 Å². The molecule has 1 aliphatic heterocycles. The first kappa shape index (κ1) is 15.0. The van der Waals surface area contributed by atoms with Crippen molar-refractivity contribution < 1.29 is 4.79 Å². The quantitative estimate of drug-likeness (QED) is 0.914. The van der Waals surface area contributed by atoms with Crippen molar-refractivity contribution in [1.82, 2.24) is 14.7 Å². The minimum Gasteiger partial charge on any atom is -0.310 e. The van der Waals surface area contributed by atoms with Gasteiger partial charge < -0.3 is 10.2 Å². The highest BCUT2D eigenvalue weighted by Crippen LogP contribution is 2.23. The number of likely N-dealkylation sites (tertiary alicyclic amines) is 1. The average molecular weight is 278 g/mol. The number of nitrogens with one attached hydrogen (secondary N) is 1. The van der Waals surface area contributed by atoms with E-state index in [0.717, 1.165) is 50.3 Å². The molecule has 20 heavy (non-hydrogen) atoms. The second-order valence-electron chi connectivity index (χ2n) is 5.70. The molecule has 5 heteroatoms. The van der Waals surface area contributed by atoms with Crippen LogP contribution in [0.1, 0.15) is 37.9 Å². The van der Waals surface area contributed by atoms with Crippen molar-refractivity contribution in [3.63, 3.8) is 0 Å². The maximum atomic E-state index is 12.5. The van der Waals surface area contributed by atoms with Crippen LogP contribution in [0.2, 0.25) is 0 Å². The number of anilines is 1. The zero-order valence-electron chi connectivity index (χ0n) is 13.1. The van der Waals surface area contributed by atoms with Gasteiger partial charge in [-0.1, -0.05) is 13.8 Å². The van der Waals surface area contributed by atoms with Crippen molar-refractivity contribution in [2.45, 2.75) is 39.5 Å². The van der Waals surface area contributed by atoms with E-state index < -0.39 is 0 Å². The van der Waals surface area contributed by atoms with Gasteiger partial charge in [-0.3, -0.25) is 9.48 Å². The predicted molar refractivity (Wildman–Crippen MR) is 80.8 cm³/mol. The lowest BCUT2D eigenvalue weighted by Crippen LogP contribution is -2.38. The van der Waals surface area contributed by atoms with E-state index in [1.54, 1.807) is 0 Å². The van der Waals surface area contributed by atoms with Gasteiger partial charge in [-0.05, 0) is 39.3 Å². The van der Waals surface area contributed by atoms with E-state index in [0.29, 0.717) is 0 Å². The van der Waals surface area contributed by atoms with Crippen LogP contribution < -0.4 is 5.32 Å². The lowest BCUT2D eigenvalue weighted by molar-refractivity contribution is -0.121. The maximum Gasteiger partial charge on any atom is 0.229 e. The largest absolute Gasteiger partial charge is 0.310 e. The van der Waals surface area contributed by atoms with Crippen LogP contribution in [-0.2, 0) is 24.7 Å². The summed E-state index contributed by atoms with van der Waals surface area (Å²) in [6.07, 6.45) is 3.88. The summed E-state index contributed by atoms with van der Waals surface area (Å²) in [5.41, 5.74) is 2.26. The number of piperidine rings is 1. The molecule has 112 valence electrons. The van der Waals surface area contributed by atoms with E-state index in [9.17, 15) is 4.79 Å². The third kappa shape index (κ3) is 3.03. The molecule has 0 bridgehead atoms. The lowest BCUT2D eigenvalue weighted by atomic mass is 9.97. The number of aryl methyl sites for hydroxylation is 2. The zero-order chi connectivity index (χ0) is 14.7. The Morgan fingerprint density at radius 3 is 2.70 bits per heavy atom. The highest BCUT2D eigenvalue weighted by atomic mass is 16.2. The van der Waals surface area contributed by atoms with Gasteiger partial charge in [0.15, 0.2) is 0 Å². The second-order valence-corrected chi connectivity index (χ2v) is 5.70. The Hall–Kier alpha value is -1.36. The van der Waals surface area contributed by atoms with E-state index in [1.165, 1.54) is 5.56 Å². The molecule has 1 saturated heterocycles. The number of hydrogen-bond donors (Lipinski definition) is 1. The van der Waals surface area contributed by atoms with Crippen molar-refractivity contribution in [2.75, 3.05) is 25.5 Å². The molecule has 0 aromatic carbocycles. The first-order valence-corrected chi connectivity index (χ1v) is 7.60. The number of amides is 1. The molecule has 1 fully saturated rings. The number of nitrogens with zero attached hydrogens (tertiary/aromatic N) is 3. The van der Waals surface area contributed by atoms with Crippen molar-refractivity contribution in [3.05, 3.63) is 11.3 Å². The second kappa shape index (κ2) is 6.39. The van der Waals surface area contributed by atoms with Crippen molar-refractivity contribution in [2.24, 2.45) is 13.0 Å². The first-order chi connectivity index (χ1) is 9.56. The third-order valence-corrected chi connectivity index (χ3v) is 4.15. The summed E-state index contributed by atoms with van der Waals surface area (Å²) in [7, 11) is 3.98. The molecule has 0 spiro atoms. The topological polar surface area (TPSA) is 50.2 Å². The van der Waals surface area contributed by atoms with Gasteiger partial charge in [0.05, 0.1) is 11.6 Å². The fourth-order valence-corrected chi connectivity index (χ4v) is 3.03. The van der Waals surface area contributed by atoms with Gasteiger partial charge in [-0.25, -0.2) is 0 Å². The van der Waals surface area contributed by atoms with E-state index in [1.807, 2.05) is 11.7 Å². The number of hydrogen-bond acceptors (Lipinski definition) is 3. The average Bonchev–Trinajstić information content (AvgIpc) is 2.74. The fourth-order valence-electron chi connectivity index (χ4n) is 3.03. The fraction of sp³-hybridized carbons (Fsp3) is 0.733. The van der Waals surface area contributed by atoms with Gasteiger partial charge in [-0.15, -0.1) is 0 Å². The molecule has 5 nitrogen and oxygen atoms in total. The molecule has 1 atom stereocenters. The van der Waals surface area contributed by atoms with Crippen molar-refractivity contribution >= 4 is 11.7 Å². The van der Waals surface area contributed by atoms with Crippen LogP contribution in [0.3, 0.4) is 0 Å². The molecule has 0 saturated carbocycles. The van der Waals surface area contributed by atoms with E-state index >= 15 is 0 Å². The molecule has 1 amide bonds. The smallest absolute Gasteiger partial charge is 0.229 e. The number of carbonyl (C=O) groups is 1. The van der Waals surface area contributed by atoms with Crippen LogP contribution in [-0.4, -0.2) is 40.7 Å². The molecule has 1 aliphatic rings. The van der Waals surface area contributed by atoms with Crippen molar-refractivity contribution in [1.29, 1.82) is 0 Å². The highest BCUT2D eigenvalue weighted by molar-refractivity contribution is 5.92. The molecule has 1 N–H and O–H groups in total. The molecule has 0 radical (unpaired) electrons. The standard InChI is InChI=1S/C15H26N4O/c1-5-12-13(6-2)17-19(4)14(12)16-15(20)11-8-7-9-18(3)10-11/h11H,5-10H2,1-4H3,(H,16,20). The first-order valence-electron chi connectivity index (χ1n) is 7.60. The Balaban J connectivity index is 2.13. The Morgan fingerprint density at radius 1 is 1.35 bits per heavy atom. The molecular formula is C15H26N4O. The summed E-state index contributed by atoms with van der Waals surface area (Å²) < 4.78 is 1.81. The van der Waals surface area contributed by atoms with Gasteiger partial charge in [0.2, 0.25) is 5.91 Å². The zero-order valence-corrected chi connectivity index (χ0v) is 13.1. The van der Waals surface area contributed by atoms with Crippen LogP contribution in [0.5, 0.6) is 0 Å². The Kier molecular flexibility index (Phi) is 4.81. The summed E-state index contributed by atoms with van der Waals surface area (Å²) in [4.78, 5) is 14.7. The van der Waals surface area contributed by atoms with Gasteiger partial charge in [0.1, 0.15) is 5.82 Å². The summed E-state index contributed by atoms with van der Waals surface area (Å²) in [6.45, 7) is 6.16. The summed E-state index contributed by atoms with van der Waals surface area (Å²) in [5, 5.41) is 7.61. The van der Waals surface area contributed by atoms with Crippen LogP contribution in [0.25, 0.3) is 0 Å².